The highest BCUT2D eigenvalue weighted by molar-refractivity contribution is 7.65. The van der Waals surface area contributed by atoms with Crippen molar-refractivity contribution in [2.75, 3.05) is 47.4 Å². The minimum atomic E-state index is -3.48. The van der Waals surface area contributed by atoms with Crippen LogP contribution in [0.3, 0.4) is 0 Å². The standard InChI is InChI=1S/C17H28N2O9P2/c1-24-9-10-26-15-14(28-30(5,23)25-2)12(7-11-29(3,4)22)27-16(15)19-8-6-13(20)18-17(19)21/h6-8,11-12,14-16H,9-10H2,1-5H3,(H,18,20,21)/b11-7+/t12-,14-,15-,16-,30?/m1/s1. The number of hydrogen-bond acceptors (Lipinski definition) is 9. The molecule has 1 aliphatic heterocycles. The molecule has 2 rings (SSSR count). The molecule has 2 heterocycles. The first kappa shape index (κ1) is 24.9. The van der Waals surface area contributed by atoms with Crippen molar-refractivity contribution in [2.45, 2.75) is 24.5 Å². The van der Waals surface area contributed by atoms with Crippen molar-refractivity contribution in [3.63, 3.8) is 0 Å². The highest BCUT2D eigenvalue weighted by Gasteiger charge is 2.49. The van der Waals surface area contributed by atoms with Gasteiger partial charge in [0.25, 0.3) is 5.56 Å². The predicted molar refractivity (Wildman–Crippen MR) is 111 cm³/mol. The number of aromatic amines is 1. The Kier molecular flexibility index (Phi) is 8.59. The van der Waals surface area contributed by atoms with Crippen LogP contribution in [0.25, 0.3) is 0 Å². The van der Waals surface area contributed by atoms with E-state index in [0.29, 0.717) is 0 Å². The summed E-state index contributed by atoms with van der Waals surface area (Å²) in [6.07, 6.45) is -0.925. The van der Waals surface area contributed by atoms with Crippen molar-refractivity contribution in [3.8, 4) is 0 Å². The number of H-pyrrole nitrogens is 1. The summed E-state index contributed by atoms with van der Waals surface area (Å²) in [6, 6.07) is 1.17. The van der Waals surface area contributed by atoms with Crippen LogP contribution in [0.4, 0.5) is 0 Å². The molecule has 0 bridgehead atoms. The average molecular weight is 466 g/mol. The third kappa shape index (κ3) is 6.85. The van der Waals surface area contributed by atoms with E-state index >= 15 is 0 Å². The molecule has 0 amide bonds. The normalized spacial score (nSPS) is 26.8. The second-order valence-corrected chi connectivity index (χ2v) is 12.4. The Bertz CT molecular complexity index is 951. The Morgan fingerprint density at radius 2 is 1.87 bits per heavy atom. The minimum Gasteiger partial charge on any atom is -0.382 e. The van der Waals surface area contributed by atoms with Crippen molar-refractivity contribution >= 4 is 14.7 Å². The van der Waals surface area contributed by atoms with Gasteiger partial charge in [0.15, 0.2) is 6.23 Å². The molecule has 0 saturated carbocycles. The molecule has 11 nitrogen and oxygen atoms in total. The molecule has 1 aromatic heterocycles. The molecule has 5 atom stereocenters. The predicted octanol–water partition coefficient (Wildman–Crippen LogP) is 1.46. The summed E-state index contributed by atoms with van der Waals surface area (Å²) < 4.78 is 53.3. The lowest BCUT2D eigenvalue weighted by molar-refractivity contribution is -0.0764. The monoisotopic (exact) mass is 466 g/mol. The van der Waals surface area contributed by atoms with Crippen LogP contribution in [0.15, 0.2) is 33.7 Å². The number of hydrogen-bond donors (Lipinski definition) is 1. The molecule has 170 valence electrons. The quantitative estimate of drug-likeness (QED) is 0.402. The van der Waals surface area contributed by atoms with Gasteiger partial charge in [-0.05, 0) is 25.2 Å². The van der Waals surface area contributed by atoms with E-state index in [-0.39, 0.29) is 13.2 Å². The number of aromatic nitrogens is 2. The van der Waals surface area contributed by atoms with E-state index in [2.05, 4.69) is 4.98 Å². The van der Waals surface area contributed by atoms with Crippen molar-refractivity contribution in [1.29, 1.82) is 0 Å². The largest absolute Gasteiger partial charge is 0.382 e. The van der Waals surface area contributed by atoms with Gasteiger partial charge >= 0.3 is 13.3 Å². The molecule has 1 N–H and O–H groups in total. The van der Waals surface area contributed by atoms with Crippen molar-refractivity contribution in [1.82, 2.24) is 9.55 Å². The fraction of sp³-hybridized carbons (Fsp3) is 0.647. The minimum absolute atomic E-state index is 0.135. The molecule has 13 heteroatoms. The topological polar surface area (TPSA) is 135 Å². The van der Waals surface area contributed by atoms with Crippen molar-refractivity contribution in [2.24, 2.45) is 0 Å². The lowest BCUT2D eigenvalue weighted by atomic mass is 10.1. The Hall–Kier alpha value is -1.32. The van der Waals surface area contributed by atoms with Gasteiger partial charge < -0.3 is 23.3 Å². The smallest absolute Gasteiger partial charge is 0.330 e. The molecular weight excluding hydrogens is 438 g/mol. The Balaban J connectivity index is 2.49. The number of nitrogens with zero attached hydrogens (tertiary/aromatic N) is 1. The summed E-state index contributed by atoms with van der Waals surface area (Å²) in [4.78, 5) is 25.9. The molecule has 30 heavy (non-hydrogen) atoms. The third-order valence-electron chi connectivity index (χ3n) is 4.23. The molecular formula is C17H28N2O9P2. The fourth-order valence-electron chi connectivity index (χ4n) is 2.79. The molecule has 1 aliphatic rings. The Morgan fingerprint density at radius 3 is 2.43 bits per heavy atom. The van der Waals surface area contributed by atoms with Crippen molar-refractivity contribution < 1.29 is 32.4 Å². The van der Waals surface area contributed by atoms with Gasteiger partial charge in [-0.3, -0.25) is 23.4 Å². The summed E-state index contributed by atoms with van der Waals surface area (Å²) in [5, 5.41) is 0. The third-order valence-corrected chi connectivity index (χ3v) is 6.41. The summed E-state index contributed by atoms with van der Waals surface area (Å²) in [5.41, 5.74) is -1.27. The zero-order valence-corrected chi connectivity index (χ0v) is 19.3. The van der Waals surface area contributed by atoms with E-state index in [1.165, 1.54) is 45.0 Å². The highest BCUT2D eigenvalue weighted by Crippen LogP contribution is 2.49. The van der Waals surface area contributed by atoms with Crippen LogP contribution in [0.1, 0.15) is 6.23 Å². The van der Waals surface area contributed by atoms with Gasteiger partial charge in [0.05, 0.1) is 13.2 Å². The first-order valence-corrected chi connectivity index (χ1v) is 13.8. The molecule has 0 aliphatic carbocycles. The maximum Gasteiger partial charge on any atom is 0.330 e. The van der Waals surface area contributed by atoms with Gasteiger partial charge in [-0.25, -0.2) is 4.79 Å². The number of nitrogens with one attached hydrogen (secondary N) is 1. The Morgan fingerprint density at radius 1 is 1.17 bits per heavy atom. The fourth-order valence-corrected chi connectivity index (χ4v) is 4.14. The second-order valence-electron chi connectivity index (χ2n) is 7.14. The van der Waals surface area contributed by atoms with Gasteiger partial charge in [-0.1, -0.05) is 0 Å². The van der Waals surface area contributed by atoms with Gasteiger partial charge in [0, 0.05) is 33.1 Å². The van der Waals surface area contributed by atoms with Crippen LogP contribution in [0.5, 0.6) is 0 Å². The van der Waals surface area contributed by atoms with E-state index in [4.69, 9.17) is 23.3 Å². The SMILES string of the molecule is COCCO[C@@H]1[C@H](OP(C)(=O)OC)[C@@H](/C=C/P(C)(C)=O)O[C@H]1n1ccc(=O)[nH]c1=O. The lowest BCUT2D eigenvalue weighted by Crippen LogP contribution is -2.40. The maximum atomic E-state index is 12.5. The van der Waals surface area contributed by atoms with E-state index < -0.39 is 50.5 Å². The first-order valence-electron chi connectivity index (χ1n) is 9.10. The van der Waals surface area contributed by atoms with Crippen LogP contribution >= 0.6 is 14.7 Å². The molecule has 1 aromatic rings. The lowest BCUT2D eigenvalue weighted by Gasteiger charge is -2.26. The van der Waals surface area contributed by atoms with Crippen LogP contribution in [0.2, 0.25) is 0 Å². The van der Waals surface area contributed by atoms with Crippen LogP contribution in [0, 0.1) is 0 Å². The summed E-state index contributed by atoms with van der Waals surface area (Å²) in [5.74, 6) is 1.49. The van der Waals surface area contributed by atoms with E-state index in [1.54, 1.807) is 13.3 Å². The average Bonchev–Trinajstić information content (AvgIpc) is 2.96. The highest BCUT2D eigenvalue weighted by atomic mass is 31.2. The number of rotatable bonds is 10. The summed E-state index contributed by atoms with van der Waals surface area (Å²) in [6.45, 7) is 4.83. The molecule has 1 saturated heterocycles. The summed E-state index contributed by atoms with van der Waals surface area (Å²) in [7, 11) is -3.28. The Labute approximate surface area is 174 Å². The molecule has 0 spiro atoms. The maximum absolute atomic E-state index is 12.5. The van der Waals surface area contributed by atoms with Crippen LogP contribution in [-0.4, -0.2) is 75.3 Å². The molecule has 0 radical (unpaired) electrons. The zero-order valence-electron chi connectivity index (χ0n) is 17.5. The van der Waals surface area contributed by atoms with Gasteiger partial charge in [-0.15, -0.1) is 0 Å². The first-order chi connectivity index (χ1) is 14.0. The van der Waals surface area contributed by atoms with Crippen LogP contribution < -0.4 is 11.2 Å². The van der Waals surface area contributed by atoms with E-state index in [9.17, 15) is 18.7 Å². The van der Waals surface area contributed by atoms with Gasteiger partial charge in [0.2, 0.25) is 0 Å². The molecule has 1 unspecified atom stereocenters. The van der Waals surface area contributed by atoms with Crippen LogP contribution in [-0.2, 0) is 32.4 Å². The van der Waals surface area contributed by atoms with Gasteiger partial charge in [0.1, 0.15) is 25.5 Å². The van der Waals surface area contributed by atoms with Gasteiger partial charge in [-0.2, -0.15) is 0 Å². The summed E-state index contributed by atoms with van der Waals surface area (Å²) >= 11 is 0. The molecule has 1 fully saturated rings. The van der Waals surface area contributed by atoms with E-state index in [0.717, 1.165) is 4.57 Å². The van der Waals surface area contributed by atoms with Crippen molar-refractivity contribution in [3.05, 3.63) is 45.0 Å². The second kappa shape index (κ2) is 10.3. The molecule has 0 aromatic carbocycles. The zero-order chi connectivity index (χ0) is 22.5. The number of ether oxygens (including phenoxy) is 3. The van der Waals surface area contributed by atoms with E-state index in [1.807, 2.05) is 0 Å². The number of methoxy groups -OCH3 is 1.